The van der Waals surface area contributed by atoms with Gasteiger partial charge in [-0.2, -0.15) is 0 Å². The second kappa shape index (κ2) is 12.8. The van der Waals surface area contributed by atoms with Crippen molar-refractivity contribution in [2.24, 2.45) is 17.3 Å². The minimum Gasteiger partial charge on any atom is -0.472 e. The average molecular weight is 691 g/mol. The number of hydrogen-bond donors (Lipinski definition) is 1. The molecule has 4 atom stereocenters. The van der Waals surface area contributed by atoms with E-state index in [2.05, 4.69) is 22.4 Å². The smallest absolute Gasteiger partial charge is 0.411 e. The number of cyclic esters (lactones) is 1. The maximum Gasteiger partial charge on any atom is 0.411 e. The van der Waals surface area contributed by atoms with E-state index in [-0.39, 0.29) is 37.5 Å². The number of benzene rings is 1. The molecule has 7 rings (SSSR count). The van der Waals surface area contributed by atoms with Crippen molar-refractivity contribution in [2.75, 3.05) is 19.7 Å². The molecule has 11 nitrogen and oxygen atoms in total. The fraction of sp³-hybridized carbons (Fsp3) is 0.568. The summed E-state index contributed by atoms with van der Waals surface area (Å²) in [5.74, 6) is -1.35. The van der Waals surface area contributed by atoms with E-state index in [0.717, 1.165) is 29.2 Å². The van der Waals surface area contributed by atoms with Crippen molar-refractivity contribution < 1.29 is 32.3 Å². The molecule has 0 radical (unpaired) electrons. The third-order valence-corrected chi connectivity index (χ3v) is 12.7. The number of amides is 3. The molecule has 0 spiro atoms. The molecule has 49 heavy (non-hydrogen) atoms. The van der Waals surface area contributed by atoms with Crippen LogP contribution in [0, 0.1) is 17.3 Å². The van der Waals surface area contributed by atoms with Crippen molar-refractivity contribution in [2.45, 2.75) is 94.6 Å². The summed E-state index contributed by atoms with van der Waals surface area (Å²) in [5.41, 5.74) is -1.13. The van der Waals surface area contributed by atoms with Gasteiger partial charge in [0.2, 0.25) is 21.8 Å². The molecule has 2 aliphatic heterocycles. The largest absolute Gasteiger partial charge is 0.472 e. The van der Waals surface area contributed by atoms with E-state index in [9.17, 15) is 22.8 Å². The molecule has 3 saturated carbocycles. The number of allylic oxidation sites excluding steroid dienone is 1. The minimum absolute atomic E-state index is 0.0283. The van der Waals surface area contributed by atoms with Gasteiger partial charge in [-0.25, -0.2) is 18.2 Å². The highest BCUT2D eigenvalue weighted by molar-refractivity contribution is 7.91. The SMILES string of the molecule is C=C[C@@H]1C[C@@]1(C(=O)NS(=O)(=O)C1CC1)N1C(=O)OCC(C)(C)C/C=C\c2ccc3ccnc(c3c2)OC2CCN(C2)C(=O)C1C1CCCC1. The minimum atomic E-state index is -3.93. The van der Waals surface area contributed by atoms with Gasteiger partial charge in [-0.15, -0.1) is 6.58 Å². The van der Waals surface area contributed by atoms with E-state index in [1.807, 2.05) is 44.2 Å². The van der Waals surface area contributed by atoms with Crippen molar-refractivity contribution in [3.05, 3.63) is 54.8 Å². The second-order valence-corrected chi connectivity index (χ2v) is 17.2. The van der Waals surface area contributed by atoms with E-state index < -0.39 is 50.2 Å². The Morgan fingerprint density at radius 3 is 2.59 bits per heavy atom. The third kappa shape index (κ3) is 6.56. The molecule has 5 aliphatic rings. The van der Waals surface area contributed by atoms with Crippen LogP contribution in [-0.4, -0.2) is 83.7 Å². The molecule has 262 valence electrons. The second-order valence-electron chi connectivity index (χ2n) is 15.2. The Balaban J connectivity index is 1.29. The summed E-state index contributed by atoms with van der Waals surface area (Å²) in [6, 6.07) is 7.05. The van der Waals surface area contributed by atoms with E-state index in [4.69, 9.17) is 9.47 Å². The van der Waals surface area contributed by atoms with Gasteiger partial charge in [0, 0.05) is 35.9 Å². The molecule has 1 aromatic heterocycles. The molecule has 3 amide bonds. The Morgan fingerprint density at radius 1 is 1.10 bits per heavy atom. The highest BCUT2D eigenvalue weighted by Gasteiger charge is 2.68. The lowest BCUT2D eigenvalue weighted by Crippen LogP contribution is -2.63. The first-order valence-electron chi connectivity index (χ1n) is 17.6. The van der Waals surface area contributed by atoms with Gasteiger partial charge in [0.15, 0.2) is 0 Å². The van der Waals surface area contributed by atoms with Gasteiger partial charge in [0.25, 0.3) is 5.91 Å². The highest BCUT2D eigenvalue weighted by atomic mass is 32.2. The van der Waals surface area contributed by atoms with Crippen molar-refractivity contribution in [1.29, 1.82) is 0 Å². The predicted octanol–water partition coefficient (Wildman–Crippen LogP) is 5.21. The quantitative estimate of drug-likeness (QED) is 0.409. The number of carbonyl (C=O) groups excluding carboxylic acids is 3. The van der Waals surface area contributed by atoms with Crippen molar-refractivity contribution in [3.63, 3.8) is 0 Å². The number of rotatable bonds is 6. The number of hydrogen-bond acceptors (Lipinski definition) is 8. The van der Waals surface area contributed by atoms with Crippen LogP contribution >= 0.6 is 0 Å². The molecule has 1 N–H and O–H groups in total. The molecule has 4 fully saturated rings. The molecule has 1 saturated heterocycles. The average Bonchev–Trinajstić information content (AvgIpc) is 3.95. The molecular weight excluding hydrogens is 644 g/mol. The molecule has 2 unspecified atom stereocenters. The fourth-order valence-corrected chi connectivity index (χ4v) is 9.19. The molecule has 3 heterocycles. The maximum atomic E-state index is 14.8. The molecule has 12 heteroatoms. The number of fused-ring (bicyclic) bond motifs is 3. The van der Waals surface area contributed by atoms with Crippen LogP contribution in [0.15, 0.2) is 49.2 Å². The first-order chi connectivity index (χ1) is 23.4. The Morgan fingerprint density at radius 2 is 1.88 bits per heavy atom. The molecule has 4 bridgehead atoms. The van der Waals surface area contributed by atoms with E-state index in [1.165, 1.54) is 4.90 Å². The Bertz CT molecular complexity index is 1800. The zero-order valence-electron chi connectivity index (χ0n) is 28.3. The summed E-state index contributed by atoms with van der Waals surface area (Å²) in [6.07, 6.45) is 11.7. The summed E-state index contributed by atoms with van der Waals surface area (Å²) in [4.78, 5) is 51.1. The molecule has 2 aromatic rings. The summed E-state index contributed by atoms with van der Waals surface area (Å²) < 4.78 is 40.9. The number of aromatic nitrogens is 1. The Hall–Kier alpha value is -3.93. The van der Waals surface area contributed by atoms with E-state index in [0.29, 0.717) is 50.9 Å². The Kier molecular flexibility index (Phi) is 8.73. The van der Waals surface area contributed by atoms with Crippen LogP contribution in [0.1, 0.15) is 77.2 Å². The lowest BCUT2D eigenvalue weighted by atomic mass is 9.90. The number of ether oxygens (including phenoxy) is 2. The van der Waals surface area contributed by atoms with Crippen molar-refractivity contribution in [1.82, 2.24) is 19.5 Å². The lowest BCUT2D eigenvalue weighted by molar-refractivity contribution is -0.142. The molecule has 1 aromatic carbocycles. The number of sulfonamides is 1. The van der Waals surface area contributed by atoms with Crippen LogP contribution in [0.3, 0.4) is 0 Å². The Labute approximate surface area is 288 Å². The molecular formula is C37H46N4O7S. The van der Waals surface area contributed by atoms with Crippen LogP contribution in [-0.2, 0) is 24.3 Å². The number of nitrogens with one attached hydrogen (secondary N) is 1. The zero-order chi connectivity index (χ0) is 34.6. The van der Waals surface area contributed by atoms with Gasteiger partial charge in [-0.3, -0.25) is 19.2 Å². The number of nitrogens with zero attached hydrogens (tertiary/aromatic N) is 3. The van der Waals surface area contributed by atoms with Gasteiger partial charge in [0.1, 0.15) is 17.7 Å². The summed E-state index contributed by atoms with van der Waals surface area (Å²) in [5, 5.41) is 1.25. The van der Waals surface area contributed by atoms with Crippen LogP contribution in [0.4, 0.5) is 4.79 Å². The van der Waals surface area contributed by atoms with Gasteiger partial charge in [0.05, 0.1) is 18.4 Å². The monoisotopic (exact) mass is 690 g/mol. The number of pyridine rings is 1. The van der Waals surface area contributed by atoms with Gasteiger partial charge >= 0.3 is 6.09 Å². The van der Waals surface area contributed by atoms with E-state index in [1.54, 1.807) is 17.2 Å². The topological polar surface area (TPSA) is 135 Å². The van der Waals surface area contributed by atoms with Gasteiger partial charge < -0.3 is 14.4 Å². The maximum absolute atomic E-state index is 14.8. The van der Waals surface area contributed by atoms with Crippen LogP contribution in [0.25, 0.3) is 16.8 Å². The summed E-state index contributed by atoms with van der Waals surface area (Å²) >= 11 is 0. The van der Waals surface area contributed by atoms with Crippen molar-refractivity contribution >= 4 is 44.8 Å². The standard InChI is InChI=1S/C37H46N4O7S/c1-4-27-21-37(27,34(43)39-49(45,46)29-13-14-29)41-31(26-9-5-6-10-26)33(42)40-19-16-28(22-40)48-32-30-20-24(11-12-25(30)15-18-38-32)8-7-17-36(2,3)23-47-35(41)44/h4,7-8,11-12,15,18,20,26-29,31H,1,5-6,9-10,13-14,16-17,19,21-23H2,2-3H3,(H,39,43)/b8-7-/t27-,28?,31?,37-/m1/s1. The van der Waals surface area contributed by atoms with Crippen LogP contribution in [0.2, 0.25) is 0 Å². The summed E-state index contributed by atoms with van der Waals surface area (Å²) in [7, 11) is -3.93. The third-order valence-electron chi connectivity index (χ3n) is 10.9. The predicted molar refractivity (Wildman–Crippen MR) is 185 cm³/mol. The first kappa shape index (κ1) is 33.6. The zero-order valence-corrected chi connectivity index (χ0v) is 29.1. The normalized spacial score (nSPS) is 30.0. The molecule has 3 aliphatic carbocycles. The van der Waals surface area contributed by atoms with Gasteiger partial charge in [-0.05, 0) is 67.5 Å². The van der Waals surface area contributed by atoms with Gasteiger partial charge in [-0.1, -0.05) is 57.0 Å². The highest BCUT2D eigenvalue weighted by Crippen LogP contribution is 2.53. The van der Waals surface area contributed by atoms with Crippen LogP contribution < -0.4 is 9.46 Å². The lowest BCUT2D eigenvalue weighted by Gasteiger charge is -2.41. The van der Waals surface area contributed by atoms with E-state index >= 15 is 0 Å². The van der Waals surface area contributed by atoms with Crippen molar-refractivity contribution in [3.8, 4) is 5.88 Å². The fourth-order valence-electron chi connectivity index (χ4n) is 7.83. The first-order valence-corrected chi connectivity index (χ1v) is 19.1. The van der Waals surface area contributed by atoms with Crippen LogP contribution in [0.5, 0.6) is 5.88 Å². The number of carbonyl (C=O) groups is 3. The summed E-state index contributed by atoms with van der Waals surface area (Å²) in [6.45, 7) is 8.62.